The molecule has 0 unspecified atom stereocenters. The number of aromatic nitrogens is 4. The Kier molecular flexibility index (Phi) is 4.96. The number of aromatic hydroxyl groups is 1. The van der Waals surface area contributed by atoms with E-state index in [0.29, 0.717) is 12.3 Å². The molecule has 3 aromatic rings. The normalized spacial score (nSPS) is 13.2. The summed E-state index contributed by atoms with van der Waals surface area (Å²) >= 11 is 0. The van der Waals surface area contributed by atoms with Gasteiger partial charge in [-0.1, -0.05) is 6.92 Å². The van der Waals surface area contributed by atoms with Gasteiger partial charge in [-0.15, -0.1) is 0 Å². The lowest BCUT2D eigenvalue weighted by Crippen LogP contribution is -2.13. The molecule has 0 aliphatic carbocycles. The number of hydrogen-bond acceptors (Lipinski definition) is 6. The molecule has 1 N–H and O–H groups in total. The summed E-state index contributed by atoms with van der Waals surface area (Å²) < 4.78 is 104. The molecular formula is C16H12F6N4O3S. The average molecular weight is 454 g/mol. The van der Waals surface area contributed by atoms with Crippen molar-refractivity contribution in [3.8, 4) is 17.4 Å². The van der Waals surface area contributed by atoms with Gasteiger partial charge in [-0.25, -0.2) is 23.4 Å². The standard InChI is InChI=1S/C16H12F6N4O3S/c1-3-30(28,29)10-5-8(16(20,21)22)14(27)25-11(10)13-24-9-4-7(15(17,18)19)6-23-12(9)26(13)2/h4-6H,3H2,1-2H3,(H,25,27). The number of hydrogen-bond donors (Lipinski definition) is 1. The van der Waals surface area contributed by atoms with E-state index >= 15 is 0 Å². The number of sulfone groups is 1. The van der Waals surface area contributed by atoms with E-state index < -0.39 is 55.5 Å². The van der Waals surface area contributed by atoms with E-state index in [-0.39, 0.29) is 23.1 Å². The summed E-state index contributed by atoms with van der Waals surface area (Å²) in [7, 11) is -3.02. The average Bonchev–Trinajstić information content (AvgIpc) is 2.95. The van der Waals surface area contributed by atoms with Gasteiger partial charge >= 0.3 is 12.4 Å². The minimum atomic E-state index is -5.09. The largest absolute Gasteiger partial charge is 0.493 e. The minimum absolute atomic E-state index is 0.0981. The Balaban J connectivity index is 2.36. The number of halogens is 6. The van der Waals surface area contributed by atoms with Gasteiger partial charge < -0.3 is 9.67 Å². The van der Waals surface area contributed by atoms with Gasteiger partial charge in [-0.2, -0.15) is 26.3 Å². The van der Waals surface area contributed by atoms with Crippen molar-refractivity contribution in [2.24, 2.45) is 7.05 Å². The zero-order valence-electron chi connectivity index (χ0n) is 15.2. The highest BCUT2D eigenvalue weighted by molar-refractivity contribution is 7.91. The fourth-order valence-corrected chi connectivity index (χ4v) is 3.73. The third-order valence-corrected chi connectivity index (χ3v) is 5.98. The summed E-state index contributed by atoms with van der Waals surface area (Å²) in [6.07, 6.45) is -9.28. The molecule has 0 atom stereocenters. The van der Waals surface area contributed by atoms with Gasteiger partial charge in [0.2, 0.25) is 5.88 Å². The third kappa shape index (κ3) is 3.66. The van der Waals surface area contributed by atoms with Gasteiger partial charge in [0.15, 0.2) is 21.3 Å². The number of alkyl halides is 6. The Morgan fingerprint density at radius 3 is 2.23 bits per heavy atom. The van der Waals surface area contributed by atoms with E-state index in [1.807, 2.05) is 0 Å². The van der Waals surface area contributed by atoms with Gasteiger partial charge in [-0.05, 0) is 12.1 Å². The first-order valence-corrected chi connectivity index (χ1v) is 9.76. The molecule has 0 aromatic carbocycles. The van der Waals surface area contributed by atoms with Crippen molar-refractivity contribution in [3.63, 3.8) is 0 Å². The smallest absolute Gasteiger partial charge is 0.421 e. The lowest BCUT2D eigenvalue weighted by Gasteiger charge is -2.14. The minimum Gasteiger partial charge on any atom is -0.493 e. The fraction of sp³-hybridized carbons (Fsp3) is 0.312. The molecule has 0 aliphatic heterocycles. The highest BCUT2D eigenvalue weighted by Gasteiger charge is 2.38. The van der Waals surface area contributed by atoms with Gasteiger partial charge in [0.25, 0.3) is 0 Å². The molecule has 30 heavy (non-hydrogen) atoms. The molecule has 3 rings (SSSR count). The van der Waals surface area contributed by atoms with Crippen LogP contribution >= 0.6 is 0 Å². The van der Waals surface area contributed by atoms with Crippen LogP contribution in [0.2, 0.25) is 0 Å². The molecule has 14 heteroatoms. The van der Waals surface area contributed by atoms with Crippen LogP contribution in [0.1, 0.15) is 18.1 Å². The van der Waals surface area contributed by atoms with Crippen molar-refractivity contribution in [3.05, 3.63) is 29.5 Å². The molecule has 0 aliphatic rings. The first-order chi connectivity index (χ1) is 13.7. The number of nitrogens with zero attached hydrogens (tertiary/aromatic N) is 4. The maximum atomic E-state index is 13.1. The summed E-state index contributed by atoms with van der Waals surface area (Å²) in [5, 5.41) is 9.74. The zero-order chi connectivity index (χ0) is 22.6. The summed E-state index contributed by atoms with van der Waals surface area (Å²) in [5.74, 6) is -2.47. The van der Waals surface area contributed by atoms with E-state index in [9.17, 15) is 39.9 Å². The predicted molar refractivity (Wildman–Crippen MR) is 91.1 cm³/mol. The highest BCUT2D eigenvalue weighted by atomic mass is 32.2. The van der Waals surface area contributed by atoms with Crippen molar-refractivity contribution >= 4 is 21.0 Å². The van der Waals surface area contributed by atoms with Crippen LogP contribution in [-0.2, 0) is 29.2 Å². The van der Waals surface area contributed by atoms with E-state index in [4.69, 9.17) is 0 Å². The van der Waals surface area contributed by atoms with Crippen LogP contribution in [0.5, 0.6) is 5.88 Å². The van der Waals surface area contributed by atoms with E-state index in [2.05, 4.69) is 15.0 Å². The Bertz CT molecular complexity index is 1250. The summed E-state index contributed by atoms with van der Waals surface area (Å²) in [4.78, 5) is 10.0. The van der Waals surface area contributed by atoms with E-state index in [1.54, 1.807) is 0 Å². The number of imidazole rings is 1. The van der Waals surface area contributed by atoms with Crippen LogP contribution in [0, 0.1) is 0 Å². The molecule has 3 heterocycles. The molecule has 0 radical (unpaired) electrons. The summed E-state index contributed by atoms with van der Waals surface area (Å²) in [6.45, 7) is 1.19. The zero-order valence-corrected chi connectivity index (χ0v) is 16.0. The quantitative estimate of drug-likeness (QED) is 0.608. The second kappa shape index (κ2) is 6.82. The lowest BCUT2D eigenvalue weighted by molar-refractivity contribution is -0.139. The van der Waals surface area contributed by atoms with Crippen LogP contribution in [0.15, 0.2) is 23.2 Å². The van der Waals surface area contributed by atoms with Gasteiger partial charge in [0.1, 0.15) is 16.8 Å². The monoisotopic (exact) mass is 454 g/mol. The third-order valence-electron chi connectivity index (χ3n) is 4.24. The molecule has 0 saturated heterocycles. The second-order valence-corrected chi connectivity index (χ2v) is 8.41. The fourth-order valence-electron chi connectivity index (χ4n) is 2.69. The summed E-state index contributed by atoms with van der Waals surface area (Å²) in [6, 6.07) is 0.883. The molecule has 162 valence electrons. The van der Waals surface area contributed by atoms with Crippen LogP contribution < -0.4 is 0 Å². The topological polar surface area (TPSA) is 98.0 Å². The number of pyridine rings is 2. The number of rotatable bonds is 3. The SMILES string of the molecule is CCS(=O)(=O)c1cc(C(F)(F)F)c(O)nc1-c1nc2cc(C(F)(F)F)cnc2n1C. The molecule has 7 nitrogen and oxygen atoms in total. The predicted octanol–water partition coefficient (Wildman–Crippen LogP) is 3.57. The van der Waals surface area contributed by atoms with Crippen LogP contribution in [0.25, 0.3) is 22.7 Å². The van der Waals surface area contributed by atoms with E-state index in [0.717, 1.165) is 4.57 Å². The van der Waals surface area contributed by atoms with Crippen LogP contribution in [0.3, 0.4) is 0 Å². The number of aryl methyl sites for hydroxylation is 1. The summed E-state index contributed by atoms with van der Waals surface area (Å²) in [5.41, 5.74) is -3.82. The molecular weight excluding hydrogens is 442 g/mol. The lowest BCUT2D eigenvalue weighted by atomic mass is 10.2. The van der Waals surface area contributed by atoms with Gasteiger partial charge in [-0.3, -0.25) is 0 Å². The Morgan fingerprint density at radius 2 is 1.70 bits per heavy atom. The Hall–Kier alpha value is -2.90. The van der Waals surface area contributed by atoms with Crippen LogP contribution in [-0.4, -0.2) is 38.8 Å². The van der Waals surface area contributed by atoms with Crippen molar-refractivity contribution in [1.29, 1.82) is 0 Å². The molecule has 0 spiro atoms. The van der Waals surface area contributed by atoms with Crippen molar-refractivity contribution in [1.82, 2.24) is 19.5 Å². The number of fused-ring (bicyclic) bond motifs is 1. The maximum absolute atomic E-state index is 13.1. The van der Waals surface area contributed by atoms with Crippen LogP contribution in [0.4, 0.5) is 26.3 Å². The Morgan fingerprint density at radius 1 is 1.07 bits per heavy atom. The molecule has 0 amide bonds. The molecule has 3 aromatic heterocycles. The maximum Gasteiger partial charge on any atom is 0.421 e. The van der Waals surface area contributed by atoms with Crippen molar-refractivity contribution in [2.45, 2.75) is 24.2 Å². The van der Waals surface area contributed by atoms with E-state index in [1.165, 1.54) is 14.0 Å². The van der Waals surface area contributed by atoms with Gasteiger partial charge in [0.05, 0.1) is 16.2 Å². The highest BCUT2D eigenvalue weighted by Crippen LogP contribution is 2.40. The van der Waals surface area contributed by atoms with Gasteiger partial charge in [0, 0.05) is 13.2 Å². The van der Waals surface area contributed by atoms with Crippen molar-refractivity contribution in [2.75, 3.05) is 5.75 Å². The molecule has 0 fully saturated rings. The first kappa shape index (κ1) is 21.8. The molecule has 0 saturated carbocycles. The Labute approximate surface area is 164 Å². The molecule has 0 bridgehead atoms. The second-order valence-electron chi connectivity index (χ2n) is 6.17. The van der Waals surface area contributed by atoms with Crippen molar-refractivity contribution < 1.29 is 39.9 Å². The first-order valence-electron chi connectivity index (χ1n) is 8.10.